The molecule has 0 aromatic heterocycles. The summed E-state index contributed by atoms with van der Waals surface area (Å²) in [4.78, 5) is 12.6. The van der Waals surface area contributed by atoms with Crippen LogP contribution in [0.3, 0.4) is 0 Å². The Balaban J connectivity index is 3.39. The molecule has 0 unspecified atom stereocenters. The van der Waals surface area contributed by atoms with Crippen LogP contribution in [0, 0.1) is 0 Å². The Kier molecular flexibility index (Phi) is 5.26. The number of sulfonamides is 1. The minimum atomic E-state index is -3.98. The number of aliphatic hydroxyl groups excluding tert-OH is 1. The van der Waals surface area contributed by atoms with Crippen LogP contribution in [-0.4, -0.2) is 44.3 Å². The molecule has 0 spiro atoms. The van der Waals surface area contributed by atoms with Crippen molar-refractivity contribution in [3.8, 4) is 0 Å². The first-order valence-electron chi connectivity index (χ1n) is 5.68. The fourth-order valence-electron chi connectivity index (χ4n) is 1.73. The van der Waals surface area contributed by atoms with Gasteiger partial charge in [0.15, 0.2) is 0 Å². The summed E-state index contributed by atoms with van der Waals surface area (Å²) in [5.74, 6) is -1.28. The Morgan fingerprint density at radius 1 is 1.45 bits per heavy atom. The van der Waals surface area contributed by atoms with Gasteiger partial charge >= 0.3 is 5.97 Å². The van der Waals surface area contributed by atoms with Gasteiger partial charge in [-0.2, -0.15) is 0 Å². The number of primary sulfonamides is 1. The van der Waals surface area contributed by atoms with Crippen molar-refractivity contribution in [2.45, 2.75) is 4.90 Å². The van der Waals surface area contributed by atoms with Crippen molar-refractivity contribution in [3.63, 3.8) is 0 Å². The van der Waals surface area contributed by atoms with Gasteiger partial charge < -0.3 is 15.1 Å². The highest BCUT2D eigenvalue weighted by Crippen LogP contribution is 2.24. The largest absolute Gasteiger partial charge is 0.478 e. The Morgan fingerprint density at radius 2 is 2.10 bits per heavy atom. The fraction of sp³-hybridized carbons (Fsp3) is 0.250. The molecule has 0 saturated carbocycles. The highest BCUT2D eigenvalue weighted by Gasteiger charge is 2.19. The molecule has 7 nitrogen and oxygen atoms in total. The molecule has 4 N–H and O–H groups in total. The van der Waals surface area contributed by atoms with Crippen molar-refractivity contribution in [2.75, 3.05) is 24.6 Å². The highest BCUT2D eigenvalue weighted by molar-refractivity contribution is 7.89. The van der Waals surface area contributed by atoms with Crippen LogP contribution in [0.5, 0.6) is 0 Å². The van der Waals surface area contributed by atoms with Gasteiger partial charge in [-0.3, -0.25) is 0 Å². The van der Waals surface area contributed by atoms with Gasteiger partial charge in [0.1, 0.15) is 0 Å². The lowest BCUT2D eigenvalue weighted by atomic mass is 10.1. The standard InChI is InChI=1S/C12H16N2O5S/c1-2-5-14(6-7-15)11-4-3-9(20(13,18)19)8-10(11)12(16)17/h2-4,8,15H,1,5-7H2,(H,16,17)(H2,13,18,19). The van der Waals surface area contributed by atoms with Gasteiger partial charge in [0.25, 0.3) is 0 Å². The van der Waals surface area contributed by atoms with E-state index in [9.17, 15) is 18.3 Å². The molecule has 0 radical (unpaired) electrons. The molecule has 20 heavy (non-hydrogen) atoms. The van der Waals surface area contributed by atoms with E-state index in [1.54, 1.807) is 11.0 Å². The molecule has 0 aliphatic heterocycles. The zero-order valence-electron chi connectivity index (χ0n) is 10.7. The summed E-state index contributed by atoms with van der Waals surface area (Å²) in [6.45, 7) is 3.89. The number of nitrogens with zero attached hydrogens (tertiary/aromatic N) is 1. The quantitative estimate of drug-likeness (QED) is 0.610. The number of rotatable bonds is 7. The summed E-state index contributed by atoms with van der Waals surface area (Å²) in [6.07, 6.45) is 1.55. The van der Waals surface area contributed by atoms with E-state index in [-0.39, 0.29) is 23.6 Å². The summed E-state index contributed by atoms with van der Waals surface area (Å²) < 4.78 is 22.5. The number of benzene rings is 1. The van der Waals surface area contributed by atoms with Crippen molar-refractivity contribution < 1.29 is 23.4 Å². The van der Waals surface area contributed by atoms with Gasteiger partial charge in [0, 0.05) is 13.1 Å². The van der Waals surface area contributed by atoms with Crippen LogP contribution >= 0.6 is 0 Å². The summed E-state index contributed by atoms with van der Waals surface area (Å²) >= 11 is 0. The molecule has 0 saturated heterocycles. The number of aliphatic hydroxyl groups is 1. The van der Waals surface area contributed by atoms with Gasteiger partial charge in [-0.25, -0.2) is 18.4 Å². The maximum atomic E-state index is 11.3. The second-order valence-electron chi connectivity index (χ2n) is 3.99. The van der Waals surface area contributed by atoms with Crippen LogP contribution in [0.2, 0.25) is 0 Å². The van der Waals surface area contributed by atoms with Crippen molar-refractivity contribution in [3.05, 3.63) is 36.4 Å². The first-order chi connectivity index (χ1) is 9.31. The van der Waals surface area contributed by atoms with Gasteiger partial charge in [0.05, 0.1) is 22.8 Å². The summed E-state index contributed by atoms with van der Waals surface area (Å²) in [6, 6.07) is 3.58. The maximum Gasteiger partial charge on any atom is 0.337 e. The van der Waals surface area contributed by atoms with Crippen LogP contribution in [0.25, 0.3) is 0 Å². The molecule has 0 aliphatic carbocycles. The Morgan fingerprint density at radius 3 is 2.55 bits per heavy atom. The number of carbonyl (C=O) groups is 1. The third kappa shape index (κ3) is 3.80. The van der Waals surface area contributed by atoms with E-state index < -0.39 is 16.0 Å². The first-order valence-corrected chi connectivity index (χ1v) is 7.22. The predicted octanol–water partition coefficient (Wildman–Crippen LogP) is 0.0169. The molecule has 0 amide bonds. The summed E-state index contributed by atoms with van der Waals surface area (Å²) in [5.41, 5.74) is 0.0886. The lowest BCUT2D eigenvalue weighted by Crippen LogP contribution is -2.28. The fourth-order valence-corrected chi connectivity index (χ4v) is 2.27. The van der Waals surface area contributed by atoms with Gasteiger partial charge in [-0.15, -0.1) is 6.58 Å². The van der Waals surface area contributed by atoms with E-state index >= 15 is 0 Å². The summed E-state index contributed by atoms with van der Waals surface area (Å²) in [5, 5.41) is 23.2. The first kappa shape index (κ1) is 16.2. The number of hydrogen-bond acceptors (Lipinski definition) is 5. The van der Waals surface area contributed by atoms with E-state index in [0.717, 1.165) is 6.07 Å². The van der Waals surface area contributed by atoms with Crippen molar-refractivity contribution in [1.82, 2.24) is 0 Å². The molecular weight excluding hydrogens is 284 g/mol. The third-order valence-electron chi connectivity index (χ3n) is 2.59. The van der Waals surface area contributed by atoms with Gasteiger partial charge in [-0.1, -0.05) is 6.08 Å². The second kappa shape index (κ2) is 6.51. The molecule has 1 aromatic rings. The highest BCUT2D eigenvalue weighted by atomic mass is 32.2. The molecule has 0 aliphatic rings. The SMILES string of the molecule is C=CCN(CCO)c1ccc(S(N)(=O)=O)cc1C(=O)O. The van der Waals surface area contributed by atoms with Crippen molar-refractivity contribution in [1.29, 1.82) is 0 Å². The van der Waals surface area contributed by atoms with E-state index in [1.807, 2.05) is 0 Å². The lowest BCUT2D eigenvalue weighted by molar-refractivity contribution is 0.0697. The monoisotopic (exact) mass is 300 g/mol. The molecule has 8 heteroatoms. The molecule has 1 aromatic carbocycles. The average molecular weight is 300 g/mol. The Hall–Kier alpha value is -1.90. The van der Waals surface area contributed by atoms with Crippen molar-refractivity contribution >= 4 is 21.7 Å². The van der Waals surface area contributed by atoms with Crippen LogP contribution in [-0.2, 0) is 10.0 Å². The third-order valence-corrected chi connectivity index (χ3v) is 3.50. The van der Waals surface area contributed by atoms with Crippen LogP contribution in [0.4, 0.5) is 5.69 Å². The Bertz CT molecular complexity index is 612. The molecular formula is C12H16N2O5S. The van der Waals surface area contributed by atoms with Crippen LogP contribution in [0.15, 0.2) is 35.7 Å². The van der Waals surface area contributed by atoms with Gasteiger partial charge in [0.2, 0.25) is 10.0 Å². The van der Waals surface area contributed by atoms with E-state index in [0.29, 0.717) is 12.2 Å². The smallest absolute Gasteiger partial charge is 0.337 e. The topological polar surface area (TPSA) is 121 Å². The normalized spacial score (nSPS) is 11.1. The lowest BCUT2D eigenvalue weighted by Gasteiger charge is -2.24. The molecule has 0 heterocycles. The van der Waals surface area contributed by atoms with E-state index in [1.165, 1.54) is 12.1 Å². The number of anilines is 1. The molecule has 1 rings (SSSR count). The van der Waals surface area contributed by atoms with Crippen LogP contribution < -0.4 is 10.0 Å². The zero-order valence-corrected chi connectivity index (χ0v) is 11.5. The molecule has 110 valence electrons. The number of carboxylic acid groups (broad SMARTS) is 1. The summed E-state index contributed by atoms with van der Waals surface area (Å²) in [7, 11) is -3.98. The Labute approximate surface area is 117 Å². The number of hydrogen-bond donors (Lipinski definition) is 3. The minimum absolute atomic E-state index is 0.177. The second-order valence-corrected chi connectivity index (χ2v) is 5.55. The maximum absolute atomic E-state index is 11.3. The van der Waals surface area contributed by atoms with Crippen molar-refractivity contribution in [2.24, 2.45) is 5.14 Å². The number of carboxylic acids is 1. The van der Waals surface area contributed by atoms with E-state index in [2.05, 4.69) is 6.58 Å². The molecule has 0 bridgehead atoms. The minimum Gasteiger partial charge on any atom is -0.478 e. The van der Waals surface area contributed by atoms with E-state index in [4.69, 9.17) is 10.2 Å². The predicted molar refractivity (Wildman–Crippen MR) is 74.3 cm³/mol. The molecule has 0 atom stereocenters. The molecule has 0 fully saturated rings. The average Bonchev–Trinajstić information content (AvgIpc) is 2.36. The number of aromatic carboxylic acids is 1. The van der Waals surface area contributed by atoms with Crippen LogP contribution in [0.1, 0.15) is 10.4 Å². The zero-order chi connectivity index (χ0) is 15.3. The number of nitrogens with two attached hydrogens (primary N) is 1. The van der Waals surface area contributed by atoms with Gasteiger partial charge in [-0.05, 0) is 18.2 Å².